The van der Waals surface area contributed by atoms with Gasteiger partial charge in [0.2, 0.25) is 0 Å². The van der Waals surface area contributed by atoms with Crippen LogP contribution >= 0.6 is 0 Å². The third-order valence-corrected chi connectivity index (χ3v) is 4.92. The van der Waals surface area contributed by atoms with Crippen molar-refractivity contribution in [1.29, 1.82) is 0 Å². The minimum atomic E-state index is -2.10. The van der Waals surface area contributed by atoms with E-state index < -0.39 is 15.4 Å². The fraction of sp³-hybridized carbons (Fsp3) is 1.00. The van der Waals surface area contributed by atoms with Crippen molar-refractivity contribution in [3.05, 3.63) is 0 Å². The van der Waals surface area contributed by atoms with Crippen molar-refractivity contribution < 1.29 is 11.3 Å². The predicted octanol–water partition coefficient (Wildman–Crippen LogP) is 3.42. The summed E-state index contributed by atoms with van der Waals surface area (Å²) in [5, 5.41) is 0. The summed E-state index contributed by atoms with van der Waals surface area (Å²) >= 11 is -2.10. The van der Waals surface area contributed by atoms with Crippen LogP contribution in [0.5, 0.6) is 0 Å². The van der Waals surface area contributed by atoms with Gasteiger partial charge in [0.1, 0.15) is 0 Å². The third kappa shape index (κ3) is 10.9. The fourth-order valence-electron chi connectivity index (χ4n) is 1.02. The second-order valence-corrected chi connectivity index (χ2v) is 6.72. The van der Waals surface area contributed by atoms with Crippen molar-refractivity contribution in [3.8, 4) is 0 Å². The fourth-order valence-corrected chi connectivity index (χ4v) is 3.51. The standard InChI is InChI=1S/C12H27GeO3/c1-4-7-10-14-13(15-11-8-5-2)16-12-9-6-3/h4-12H2,1-3H3. The molecule has 0 aliphatic heterocycles. The summed E-state index contributed by atoms with van der Waals surface area (Å²) < 4.78 is 17.1. The first-order valence-corrected chi connectivity index (χ1v) is 9.17. The SMILES string of the molecule is CCCC[O][Ge]([O]CCCC)[O]CCCC. The molecular formula is C12H27GeO3. The van der Waals surface area contributed by atoms with Crippen molar-refractivity contribution in [2.75, 3.05) is 19.8 Å². The van der Waals surface area contributed by atoms with E-state index in [1.807, 2.05) is 0 Å². The van der Waals surface area contributed by atoms with Crippen LogP contribution in [0.3, 0.4) is 0 Å². The summed E-state index contributed by atoms with van der Waals surface area (Å²) in [5.41, 5.74) is 0. The normalized spacial score (nSPS) is 11.2. The van der Waals surface area contributed by atoms with Gasteiger partial charge in [-0.1, -0.05) is 0 Å². The van der Waals surface area contributed by atoms with Crippen LogP contribution in [-0.2, 0) is 11.3 Å². The number of unbranched alkanes of at least 4 members (excludes halogenated alkanes) is 3. The molecule has 0 saturated carbocycles. The Kier molecular flexibility index (Phi) is 13.8. The van der Waals surface area contributed by atoms with Crippen LogP contribution in [0.4, 0.5) is 0 Å². The molecule has 0 fully saturated rings. The van der Waals surface area contributed by atoms with Crippen molar-refractivity contribution >= 4 is 15.4 Å². The summed E-state index contributed by atoms with van der Waals surface area (Å²) in [7, 11) is 0. The Labute approximate surface area is 106 Å². The van der Waals surface area contributed by atoms with Crippen LogP contribution in [0.1, 0.15) is 59.3 Å². The monoisotopic (exact) mass is 293 g/mol. The number of hydrogen-bond acceptors (Lipinski definition) is 3. The summed E-state index contributed by atoms with van der Waals surface area (Å²) in [4.78, 5) is 0. The second-order valence-electron chi connectivity index (χ2n) is 3.86. The predicted molar refractivity (Wildman–Crippen MR) is 68.3 cm³/mol. The van der Waals surface area contributed by atoms with Crippen LogP contribution in [0.25, 0.3) is 0 Å². The van der Waals surface area contributed by atoms with Crippen LogP contribution in [0, 0.1) is 0 Å². The van der Waals surface area contributed by atoms with Gasteiger partial charge >= 0.3 is 106 Å². The molecule has 97 valence electrons. The van der Waals surface area contributed by atoms with Gasteiger partial charge in [-0.05, 0) is 0 Å². The van der Waals surface area contributed by atoms with Gasteiger partial charge in [0.15, 0.2) is 0 Å². The van der Waals surface area contributed by atoms with Crippen molar-refractivity contribution in [2.24, 2.45) is 0 Å². The molecular weight excluding hydrogens is 265 g/mol. The molecule has 0 aromatic heterocycles. The molecule has 4 heteroatoms. The van der Waals surface area contributed by atoms with E-state index in [0.717, 1.165) is 58.3 Å². The number of hydrogen-bond donors (Lipinski definition) is 0. The molecule has 0 spiro atoms. The van der Waals surface area contributed by atoms with Gasteiger partial charge < -0.3 is 0 Å². The summed E-state index contributed by atoms with van der Waals surface area (Å²) in [5.74, 6) is 0. The summed E-state index contributed by atoms with van der Waals surface area (Å²) in [6.07, 6.45) is 6.79. The van der Waals surface area contributed by atoms with E-state index in [1.54, 1.807) is 0 Å². The van der Waals surface area contributed by atoms with Crippen molar-refractivity contribution in [1.82, 2.24) is 0 Å². The van der Waals surface area contributed by atoms with E-state index in [0.29, 0.717) is 0 Å². The first kappa shape index (κ1) is 16.4. The average Bonchev–Trinajstić information content (AvgIpc) is 2.29. The van der Waals surface area contributed by atoms with Crippen LogP contribution in [-0.4, -0.2) is 35.2 Å². The zero-order valence-electron chi connectivity index (χ0n) is 11.1. The topological polar surface area (TPSA) is 27.7 Å². The molecule has 0 amide bonds. The molecule has 0 heterocycles. The third-order valence-electron chi connectivity index (χ3n) is 2.15. The van der Waals surface area contributed by atoms with Crippen molar-refractivity contribution in [3.63, 3.8) is 0 Å². The summed E-state index contributed by atoms with van der Waals surface area (Å²) in [6.45, 7) is 8.88. The molecule has 0 aromatic carbocycles. The molecule has 0 aliphatic rings. The maximum absolute atomic E-state index is 5.70. The van der Waals surface area contributed by atoms with Gasteiger partial charge in [-0.3, -0.25) is 0 Å². The Morgan fingerprint density at radius 1 is 0.625 bits per heavy atom. The quantitative estimate of drug-likeness (QED) is 0.407. The van der Waals surface area contributed by atoms with Crippen LogP contribution < -0.4 is 0 Å². The van der Waals surface area contributed by atoms with Gasteiger partial charge in [0, 0.05) is 0 Å². The minimum absolute atomic E-state index is 0.796. The van der Waals surface area contributed by atoms with Gasteiger partial charge in [0.25, 0.3) is 0 Å². The van der Waals surface area contributed by atoms with Gasteiger partial charge in [-0.25, -0.2) is 0 Å². The Morgan fingerprint density at radius 2 is 0.938 bits per heavy atom. The van der Waals surface area contributed by atoms with E-state index in [2.05, 4.69) is 20.8 Å². The first-order chi connectivity index (χ1) is 7.85. The molecule has 1 radical (unpaired) electrons. The maximum atomic E-state index is 5.70. The van der Waals surface area contributed by atoms with E-state index in [4.69, 9.17) is 11.3 Å². The first-order valence-electron chi connectivity index (χ1n) is 6.60. The van der Waals surface area contributed by atoms with Gasteiger partial charge in [-0.15, -0.1) is 0 Å². The van der Waals surface area contributed by atoms with E-state index in [-0.39, 0.29) is 0 Å². The van der Waals surface area contributed by atoms with E-state index in [9.17, 15) is 0 Å². The zero-order valence-corrected chi connectivity index (χ0v) is 13.2. The van der Waals surface area contributed by atoms with Crippen molar-refractivity contribution in [2.45, 2.75) is 59.3 Å². The van der Waals surface area contributed by atoms with Crippen LogP contribution in [0.2, 0.25) is 0 Å². The number of rotatable bonds is 12. The molecule has 0 bridgehead atoms. The Morgan fingerprint density at radius 3 is 1.19 bits per heavy atom. The summed E-state index contributed by atoms with van der Waals surface area (Å²) in [6, 6.07) is 0. The molecule has 0 N–H and O–H groups in total. The second kappa shape index (κ2) is 13.5. The van der Waals surface area contributed by atoms with E-state index >= 15 is 0 Å². The molecule has 0 atom stereocenters. The Balaban J connectivity index is 3.58. The van der Waals surface area contributed by atoms with Gasteiger partial charge in [-0.2, -0.15) is 0 Å². The zero-order chi connectivity index (χ0) is 12.1. The average molecular weight is 292 g/mol. The van der Waals surface area contributed by atoms with Gasteiger partial charge in [0.05, 0.1) is 0 Å². The molecule has 0 saturated heterocycles. The molecule has 0 aliphatic carbocycles. The Hall–Kier alpha value is 0.423. The Bertz CT molecular complexity index is 110. The molecule has 3 nitrogen and oxygen atoms in total. The molecule has 0 aromatic rings. The molecule has 16 heavy (non-hydrogen) atoms. The van der Waals surface area contributed by atoms with E-state index in [1.165, 1.54) is 0 Å². The molecule has 0 rings (SSSR count). The van der Waals surface area contributed by atoms with Crippen LogP contribution in [0.15, 0.2) is 0 Å². The molecule has 0 unspecified atom stereocenters.